The van der Waals surface area contributed by atoms with Gasteiger partial charge in [0, 0.05) is 8.96 Å². The van der Waals surface area contributed by atoms with Gasteiger partial charge in [-0.2, -0.15) is 0 Å². The Morgan fingerprint density at radius 2 is 1.88 bits per heavy atom. The number of ether oxygens (including phenoxy) is 1. The Labute approximate surface area is 171 Å². The van der Waals surface area contributed by atoms with Crippen molar-refractivity contribution in [3.63, 3.8) is 0 Å². The molecule has 25 heavy (non-hydrogen) atoms. The Kier molecular flexibility index (Phi) is 5.57. The molecule has 3 rings (SSSR count). The second-order valence-corrected chi connectivity index (χ2v) is 7.68. The highest BCUT2D eigenvalue weighted by atomic mass is 127. The van der Waals surface area contributed by atoms with E-state index in [2.05, 4.69) is 51.8 Å². The summed E-state index contributed by atoms with van der Waals surface area (Å²) in [5, 5.41) is 0.693. The largest absolute Gasteiger partial charge is 0.457 e. The SMILES string of the molecule is C=Cc1ccc(COC(=O)c2cc3cc(I)cc(I)c3oc2=O)cc1. The lowest BCUT2D eigenvalue weighted by Crippen LogP contribution is -2.16. The molecule has 0 amide bonds. The summed E-state index contributed by atoms with van der Waals surface area (Å²) >= 11 is 4.27. The number of benzene rings is 2. The molecular weight excluding hydrogens is 546 g/mol. The molecule has 0 saturated carbocycles. The lowest BCUT2D eigenvalue weighted by atomic mass is 10.1. The van der Waals surface area contributed by atoms with Gasteiger partial charge in [0.25, 0.3) is 0 Å². The van der Waals surface area contributed by atoms with Crippen molar-refractivity contribution in [2.75, 3.05) is 0 Å². The summed E-state index contributed by atoms with van der Waals surface area (Å²) < 4.78 is 12.4. The molecule has 2 aromatic carbocycles. The summed E-state index contributed by atoms with van der Waals surface area (Å²) in [5.74, 6) is -0.697. The van der Waals surface area contributed by atoms with Gasteiger partial charge in [-0.1, -0.05) is 36.9 Å². The van der Waals surface area contributed by atoms with E-state index >= 15 is 0 Å². The number of hydrogen-bond donors (Lipinski definition) is 0. The molecule has 0 N–H and O–H groups in total. The third kappa shape index (κ3) is 4.12. The van der Waals surface area contributed by atoms with Crippen LogP contribution in [0.2, 0.25) is 0 Å². The minimum atomic E-state index is -0.697. The molecule has 6 heteroatoms. The Bertz CT molecular complexity index is 1020. The maximum absolute atomic E-state index is 12.3. The molecule has 1 heterocycles. The fourth-order valence-corrected chi connectivity index (χ4v) is 4.28. The quantitative estimate of drug-likeness (QED) is 0.257. The number of carbonyl (C=O) groups is 1. The maximum atomic E-state index is 12.3. The molecule has 0 radical (unpaired) electrons. The van der Waals surface area contributed by atoms with E-state index in [1.54, 1.807) is 6.08 Å². The average molecular weight is 558 g/mol. The zero-order chi connectivity index (χ0) is 18.0. The van der Waals surface area contributed by atoms with Crippen LogP contribution in [0.1, 0.15) is 21.5 Å². The molecule has 0 aliphatic heterocycles. The topological polar surface area (TPSA) is 56.5 Å². The van der Waals surface area contributed by atoms with Gasteiger partial charge in [0.15, 0.2) is 5.58 Å². The zero-order valence-electron chi connectivity index (χ0n) is 12.9. The number of halogens is 2. The molecule has 0 spiro atoms. The van der Waals surface area contributed by atoms with Crippen LogP contribution in [0.3, 0.4) is 0 Å². The van der Waals surface area contributed by atoms with E-state index in [-0.39, 0.29) is 12.2 Å². The molecule has 0 aliphatic rings. The molecular formula is C19H12I2O4. The van der Waals surface area contributed by atoms with E-state index < -0.39 is 11.6 Å². The minimum Gasteiger partial charge on any atom is -0.457 e. The molecule has 0 atom stereocenters. The van der Waals surface area contributed by atoms with Crippen LogP contribution in [0, 0.1) is 7.14 Å². The molecule has 4 nitrogen and oxygen atoms in total. The summed E-state index contributed by atoms with van der Waals surface area (Å²) in [6.45, 7) is 3.77. The monoisotopic (exact) mass is 558 g/mol. The van der Waals surface area contributed by atoms with Gasteiger partial charge in [0.1, 0.15) is 12.2 Å². The third-order valence-electron chi connectivity index (χ3n) is 3.56. The van der Waals surface area contributed by atoms with Crippen LogP contribution in [-0.2, 0) is 11.3 Å². The summed E-state index contributed by atoms with van der Waals surface area (Å²) in [6.07, 6.45) is 1.73. The van der Waals surface area contributed by atoms with E-state index in [4.69, 9.17) is 9.15 Å². The van der Waals surface area contributed by atoms with Crippen molar-refractivity contribution >= 4 is 68.2 Å². The predicted octanol–water partition coefficient (Wildman–Crippen LogP) is 5.00. The molecule has 3 aromatic rings. The number of fused-ring (bicyclic) bond motifs is 1. The fraction of sp³-hybridized carbons (Fsp3) is 0.0526. The van der Waals surface area contributed by atoms with E-state index in [1.165, 1.54) is 6.07 Å². The summed E-state index contributed by atoms with van der Waals surface area (Å²) in [6, 6.07) is 12.7. The molecule has 1 aromatic heterocycles. The van der Waals surface area contributed by atoms with Crippen LogP contribution in [0.15, 0.2) is 58.3 Å². The van der Waals surface area contributed by atoms with Crippen LogP contribution in [0.25, 0.3) is 17.0 Å². The van der Waals surface area contributed by atoms with Crippen molar-refractivity contribution in [1.82, 2.24) is 0 Å². The number of rotatable bonds is 4. The Balaban J connectivity index is 1.84. The third-order valence-corrected chi connectivity index (χ3v) is 4.98. The van der Waals surface area contributed by atoms with Gasteiger partial charge < -0.3 is 9.15 Å². The highest BCUT2D eigenvalue weighted by Gasteiger charge is 2.16. The van der Waals surface area contributed by atoms with Gasteiger partial charge in [-0.3, -0.25) is 0 Å². The molecule has 0 unspecified atom stereocenters. The number of hydrogen-bond acceptors (Lipinski definition) is 4. The van der Waals surface area contributed by atoms with E-state index in [1.807, 2.05) is 36.4 Å². The lowest BCUT2D eigenvalue weighted by Gasteiger charge is -2.06. The zero-order valence-corrected chi connectivity index (χ0v) is 17.2. The fourth-order valence-electron chi connectivity index (χ4n) is 2.28. The van der Waals surface area contributed by atoms with Crippen molar-refractivity contribution in [3.8, 4) is 0 Å². The van der Waals surface area contributed by atoms with Crippen molar-refractivity contribution in [1.29, 1.82) is 0 Å². The molecule has 0 aliphatic carbocycles. The van der Waals surface area contributed by atoms with Gasteiger partial charge in [-0.25, -0.2) is 9.59 Å². The van der Waals surface area contributed by atoms with Crippen molar-refractivity contribution in [3.05, 3.63) is 83.3 Å². The van der Waals surface area contributed by atoms with Gasteiger partial charge in [-0.15, -0.1) is 0 Å². The average Bonchev–Trinajstić information content (AvgIpc) is 2.60. The van der Waals surface area contributed by atoms with Crippen LogP contribution in [0.5, 0.6) is 0 Å². The number of esters is 1. The standard InChI is InChI=1S/C19H12I2O4/c1-2-11-3-5-12(6-4-11)10-24-18(22)15-8-13-7-14(20)9-16(21)17(13)25-19(15)23/h2-9H,1,10H2. The first kappa shape index (κ1) is 18.1. The highest BCUT2D eigenvalue weighted by molar-refractivity contribution is 14.1. The van der Waals surface area contributed by atoms with Crippen LogP contribution < -0.4 is 5.63 Å². The van der Waals surface area contributed by atoms with Crippen molar-refractivity contribution in [2.24, 2.45) is 0 Å². The molecule has 0 bridgehead atoms. The Hall–Kier alpha value is -1.68. The Morgan fingerprint density at radius 3 is 2.56 bits per heavy atom. The van der Waals surface area contributed by atoms with Gasteiger partial charge in [0.05, 0.1) is 3.57 Å². The lowest BCUT2D eigenvalue weighted by molar-refractivity contribution is 0.0468. The smallest absolute Gasteiger partial charge is 0.351 e. The maximum Gasteiger partial charge on any atom is 0.351 e. The highest BCUT2D eigenvalue weighted by Crippen LogP contribution is 2.23. The van der Waals surface area contributed by atoms with E-state index in [0.717, 1.165) is 18.3 Å². The van der Waals surface area contributed by atoms with E-state index in [0.29, 0.717) is 11.0 Å². The summed E-state index contributed by atoms with van der Waals surface area (Å²) in [4.78, 5) is 24.4. The first-order valence-electron chi connectivity index (χ1n) is 7.29. The predicted molar refractivity (Wildman–Crippen MR) is 114 cm³/mol. The second-order valence-electron chi connectivity index (χ2n) is 5.28. The van der Waals surface area contributed by atoms with Crippen LogP contribution >= 0.6 is 45.2 Å². The summed E-state index contributed by atoms with van der Waals surface area (Å²) in [7, 11) is 0. The van der Waals surface area contributed by atoms with E-state index in [9.17, 15) is 9.59 Å². The van der Waals surface area contributed by atoms with Crippen LogP contribution in [0.4, 0.5) is 0 Å². The number of carbonyl (C=O) groups excluding carboxylic acids is 1. The first-order valence-corrected chi connectivity index (χ1v) is 9.45. The van der Waals surface area contributed by atoms with Gasteiger partial charge in [0.2, 0.25) is 0 Å². The minimum absolute atomic E-state index is 0.0809. The normalized spacial score (nSPS) is 10.6. The first-order chi connectivity index (χ1) is 12.0. The Morgan fingerprint density at radius 1 is 1.16 bits per heavy atom. The molecule has 126 valence electrons. The molecule has 0 fully saturated rings. The molecule has 0 saturated heterocycles. The second kappa shape index (κ2) is 7.69. The van der Waals surface area contributed by atoms with Crippen molar-refractivity contribution < 1.29 is 13.9 Å². The van der Waals surface area contributed by atoms with Gasteiger partial charge in [-0.05, 0) is 74.5 Å². The summed E-state index contributed by atoms with van der Waals surface area (Å²) in [5.41, 5.74) is 1.48. The van der Waals surface area contributed by atoms with Gasteiger partial charge >= 0.3 is 11.6 Å². The van der Waals surface area contributed by atoms with Crippen LogP contribution in [-0.4, -0.2) is 5.97 Å². The van der Waals surface area contributed by atoms with Crippen molar-refractivity contribution in [2.45, 2.75) is 6.61 Å².